The third-order valence-corrected chi connectivity index (χ3v) is 4.16. The van der Waals surface area contributed by atoms with E-state index in [1.165, 1.54) is 0 Å². The molecule has 1 aliphatic rings. The minimum absolute atomic E-state index is 0.0591. The summed E-state index contributed by atoms with van der Waals surface area (Å²) in [6.45, 7) is 0.0591. The van der Waals surface area contributed by atoms with Gasteiger partial charge in [-0.05, 0) is 30.3 Å². The quantitative estimate of drug-likeness (QED) is 0.603. The van der Waals surface area contributed by atoms with Crippen molar-refractivity contribution in [2.45, 2.75) is 6.10 Å². The molecule has 0 aliphatic carbocycles. The van der Waals surface area contributed by atoms with Gasteiger partial charge < -0.3 is 14.5 Å². The number of aromatic amines is 1. The Kier molecular flexibility index (Phi) is 4.14. The first-order valence-corrected chi connectivity index (χ1v) is 8.25. The van der Waals surface area contributed by atoms with Gasteiger partial charge in [0.15, 0.2) is 11.5 Å². The summed E-state index contributed by atoms with van der Waals surface area (Å²) in [5.74, 6) is 0.0739. The standard InChI is InChI=1S/C18H14ClN3O4/c19-11-6-5-10-7-13(20-12(10)8-11)17(23)21-22-18(24)16-9-25-14-3-1-2-4-15(14)26-16/h1-8,16,20H,9H2,(H,21,23)(H,22,24). The van der Waals surface area contributed by atoms with Crippen LogP contribution in [0.3, 0.4) is 0 Å². The van der Waals surface area contributed by atoms with Gasteiger partial charge in [-0.15, -0.1) is 0 Å². The molecule has 0 spiro atoms. The van der Waals surface area contributed by atoms with Crippen molar-refractivity contribution in [1.29, 1.82) is 0 Å². The second-order valence-electron chi connectivity index (χ2n) is 5.72. The van der Waals surface area contributed by atoms with E-state index in [0.717, 1.165) is 10.9 Å². The highest BCUT2D eigenvalue weighted by Crippen LogP contribution is 2.30. The molecule has 4 rings (SSSR count). The monoisotopic (exact) mass is 371 g/mol. The summed E-state index contributed by atoms with van der Waals surface area (Å²) in [6, 6.07) is 14.0. The Labute approximate surface area is 153 Å². The Morgan fingerprint density at radius 1 is 1.08 bits per heavy atom. The van der Waals surface area contributed by atoms with E-state index in [4.69, 9.17) is 21.1 Å². The van der Waals surface area contributed by atoms with Crippen LogP contribution in [0.15, 0.2) is 48.5 Å². The molecule has 26 heavy (non-hydrogen) atoms. The molecule has 0 fully saturated rings. The zero-order chi connectivity index (χ0) is 18.1. The molecule has 8 heteroatoms. The number of benzene rings is 2. The summed E-state index contributed by atoms with van der Waals surface area (Å²) in [4.78, 5) is 27.4. The van der Waals surface area contributed by atoms with Crippen molar-refractivity contribution in [3.63, 3.8) is 0 Å². The number of carbonyl (C=O) groups excluding carboxylic acids is 2. The molecule has 1 aromatic heterocycles. The van der Waals surface area contributed by atoms with Gasteiger partial charge >= 0.3 is 0 Å². The van der Waals surface area contributed by atoms with E-state index in [0.29, 0.717) is 22.2 Å². The Balaban J connectivity index is 1.38. The van der Waals surface area contributed by atoms with Gasteiger partial charge in [-0.25, -0.2) is 0 Å². The molecule has 0 saturated carbocycles. The Morgan fingerprint density at radius 3 is 2.73 bits per heavy atom. The molecule has 1 atom stereocenters. The summed E-state index contributed by atoms with van der Waals surface area (Å²) in [6.07, 6.45) is -0.855. The van der Waals surface area contributed by atoms with E-state index >= 15 is 0 Å². The van der Waals surface area contributed by atoms with Crippen molar-refractivity contribution >= 4 is 34.3 Å². The van der Waals surface area contributed by atoms with Gasteiger partial charge in [0.2, 0.25) is 6.10 Å². The molecule has 2 aromatic carbocycles. The number of rotatable bonds is 2. The highest BCUT2D eigenvalue weighted by molar-refractivity contribution is 6.31. The van der Waals surface area contributed by atoms with Gasteiger partial charge in [0, 0.05) is 15.9 Å². The Bertz CT molecular complexity index is 1000. The van der Waals surface area contributed by atoms with Crippen LogP contribution >= 0.6 is 11.6 Å². The molecule has 2 heterocycles. The number of amides is 2. The summed E-state index contributed by atoms with van der Waals surface area (Å²) in [5.41, 5.74) is 5.74. The smallest absolute Gasteiger partial charge is 0.286 e. The molecule has 3 N–H and O–H groups in total. The van der Waals surface area contributed by atoms with E-state index in [1.54, 1.807) is 42.5 Å². The van der Waals surface area contributed by atoms with Gasteiger partial charge in [0.05, 0.1) is 0 Å². The van der Waals surface area contributed by atoms with E-state index in [1.807, 2.05) is 6.07 Å². The second-order valence-corrected chi connectivity index (χ2v) is 6.16. The van der Waals surface area contributed by atoms with Gasteiger partial charge in [-0.2, -0.15) is 0 Å². The van der Waals surface area contributed by atoms with Crippen LogP contribution in [0.1, 0.15) is 10.5 Å². The lowest BCUT2D eigenvalue weighted by Crippen LogP contribution is -2.50. The van der Waals surface area contributed by atoms with E-state index < -0.39 is 17.9 Å². The maximum atomic E-state index is 12.2. The molecular formula is C18H14ClN3O4. The largest absolute Gasteiger partial charge is 0.485 e. The Hall–Kier alpha value is -3.19. The summed E-state index contributed by atoms with van der Waals surface area (Å²) in [5, 5.41) is 1.40. The van der Waals surface area contributed by atoms with Crippen LogP contribution in [-0.4, -0.2) is 29.5 Å². The number of carbonyl (C=O) groups is 2. The lowest BCUT2D eigenvalue weighted by atomic mass is 10.2. The molecule has 1 aliphatic heterocycles. The number of H-pyrrole nitrogens is 1. The summed E-state index contributed by atoms with van der Waals surface area (Å²) >= 11 is 5.93. The SMILES string of the molecule is O=C(NNC(=O)C1COc2ccccc2O1)c1cc2ccc(Cl)cc2[nH]1. The number of nitrogens with one attached hydrogen (secondary N) is 3. The molecule has 0 bridgehead atoms. The third kappa shape index (κ3) is 3.16. The van der Waals surface area contributed by atoms with Crippen molar-refractivity contribution in [3.8, 4) is 11.5 Å². The lowest BCUT2D eigenvalue weighted by molar-refractivity contribution is -0.131. The minimum Gasteiger partial charge on any atom is -0.485 e. The Morgan fingerprint density at radius 2 is 1.88 bits per heavy atom. The number of hydrazine groups is 1. The zero-order valence-corrected chi connectivity index (χ0v) is 14.2. The van der Waals surface area contributed by atoms with Crippen LogP contribution in [0.2, 0.25) is 5.02 Å². The predicted molar refractivity (Wildman–Crippen MR) is 95.3 cm³/mol. The lowest BCUT2D eigenvalue weighted by Gasteiger charge is -2.25. The first kappa shape index (κ1) is 16.3. The number of hydrogen-bond donors (Lipinski definition) is 3. The predicted octanol–water partition coefficient (Wildman–Crippen LogP) is 2.42. The van der Waals surface area contributed by atoms with Gasteiger partial charge in [0.25, 0.3) is 11.8 Å². The summed E-state index contributed by atoms with van der Waals surface area (Å²) in [7, 11) is 0. The highest BCUT2D eigenvalue weighted by atomic mass is 35.5. The molecule has 0 radical (unpaired) electrons. The molecule has 132 valence electrons. The number of halogens is 1. The number of hydrogen-bond acceptors (Lipinski definition) is 4. The topological polar surface area (TPSA) is 92.5 Å². The fourth-order valence-corrected chi connectivity index (χ4v) is 2.81. The van der Waals surface area contributed by atoms with Crippen LogP contribution in [-0.2, 0) is 4.79 Å². The fourth-order valence-electron chi connectivity index (χ4n) is 2.64. The fraction of sp³-hybridized carbons (Fsp3) is 0.111. The maximum Gasteiger partial charge on any atom is 0.286 e. The molecular weight excluding hydrogens is 358 g/mol. The first-order chi connectivity index (χ1) is 12.6. The van der Waals surface area contributed by atoms with Crippen molar-refractivity contribution in [1.82, 2.24) is 15.8 Å². The minimum atomic E-state index is -0.855. The van der Waals surface area contributed by atoms with Crippen LogP contribution in [0.5, 0.6) is 11.5 Å². The molecule has 2 amide bonds. The van der Waals surface area contributed by atoms with Crippen molar-refractivity contribution < 1.29 is 19.1 Å². The van der Waals surface area contributed by atoms with Crippen LogP contribution in [0.25, 0.3) is 10.9 Å². The second kappa shape index (κ2) is 6.61. The maximum absolute atomic E-state index is 12.2. The normalized spacial score (nSPS) is 15.5. The number of fused-ring (bicyclic) bond motifs is 2. The zero-order valence-electron chi connectivity index (χ0n) is 13.4. The molecule has 7 nitrogen and oxygen atoms in total. The molecule has 3 aromatic rings. The van der Waals surface area contributed by atoms with Gasteiger partial charge in [0.1, 0.15) is 12.3 Å². The molecule has 0 saturated heterocycles. The average molecular weight is 372 g/mol. The number of ether oxygens (including phenoxy) is 2. The van der Waals surface area contributed by atoms with Crippen LogP contribution in [0.4, 0.5) is 0 Å². The number of aromatic nitrogens is 1. The van der Waals surface area contributed by atoms with Crippen LogP contribution in [0, 0.1) is 0 Å². The van der Waals surface area contributed by atoms with Crippen molar-refractivity contribution in [3.05, 3.63) is 59.2 Å². The van der Waals surface area contributed by atoms with Crippen molar-refractivity contribution in [2.75, 3.05) is 6.61 Å². The average Bonchev–Trinajstić information content (AvgIpc) is 3.08. The number of para-hydroxylation sites is 2. The van der Waals surface area contributed by atoms with Gasteiger partial charge in [-0.1, -0.05) is 29.8 Å². The van der Waals surface area contributed by atoms with E-state index in [2.05, 4.69) is 15.8 Å². The molecule has 1 unspecified atom stereocenters. The first-order valence-electron chi connectivity index (χ1n) is 7.87. The third-order valence-electron chi connectivity index (χ3n) is 3.93. The van der Waals surface area contributed by atoms with Gasteiger partial charge in [-0.3, -0.25) is 20.4 Å². The van der Waals surface area contributed by atoms with Crippen LogP contribution < -0.4 is 20.3 Å². The van der Waals surface area contributed by atoms with E-state index in [-0.39, 0.29) is 6.61 Å². The van der Waals surface area contributed by atoms with Crippen molar-refractivity contribution in [2.24, 2.45) is 0 Å². The highest BCUT2D eigenvalue weighted by Gasteiger charge is 2.27. The van der Waals surface area contributed by atoms with E-state index in [9.17, 15) is 9.59 Å². The summed E-state index contributed by atoms with van der Waals surface area (Å²) < 4.78 is 11.1.